The zero-order valence-corrected chi connectivity index (χ0v) is 10.9. The van der Waals surface area contributed by atoms with Gasteiger partial charge in [0.25, 0.3) is 0 Å². The molecule has 2 nitrogen and oxygen atoms in total. The number of hydrogen-bond donors (Lipinski definition) is 0. The van der Waals surface area contributed by atoms with Gasteiger partial charge in [0.2, 0.25) is 0 Å². The van der Waals surface area contributed by atoms with Crippen LogP contribution in [0.3, 0.4) is 0 Å². The minimum Gasteiger partial charge on any atom is -0.460 e. The molecule has 17 heavy (non-hydrogen) atoms. The summed E-state index contributed by atoms with van der Waals surface area (Å²) in [6, 6.07) is 8.04. The lowest BCUT2D eigenvalue weighted by atomic mass is 10.0. The average Bonchev–Trinajstić information content (AvgIpc) is 2.64. The third-order valence-electron chi connectivity index (χ3n) is 3.16. The van der Waals surface area contributed by atoms with E-state index in [9.17, 15) is 4.39 Å². The Morgan fingerprint density at radius 1 is 1.35 bits per heavy atom. The predicted molar refractivity (Wildman–Crippen MR) is 68.7 cm³/mol. The lowest BCUT2D eigenvalue weighted by Crippen LogP contribution is -2.46. The molecule has 2 aromatic rings. The van der Waals surface area contributed by atoms with Gasteiger partial charge in [-0.2, -0.15) is 0 Å². The van der Waals surface area contributed by atoms with E-state index in [4.69, 9.17) is 4.42 Å². The van der Waals surface area contributed by atoms with Crippen LogP contribution < -0.4 is 0 Å². The number of fused-ring (bicyclic) bond motifs is 1. The maximum atomic E-state index is 12.3. The Bertz CT molecular complexity index is 533. The van der Waals surface area contributed by atoms with Crippen LogP contribution in [0.5, 0.6) is 0 Å². The van der Waals surface area contributed by atoms with E-state index >= 15 is 0 Å². The van der Waals surface area contributed by atoms with E-state index in [0.717, 1.165) is 40.8 Å². The van der Waals surface area contributed by atoms with E-state index < -0.39 is 0 Å². The zero-order valence-electron chi connectivity index (χ0n) is 9.33. The Labute approximate surface area is 108 Å². The highest BCUT2D eigenvalue weighted by molar-refractivity contribution is 9.10. The van der Waals surface area contributed by atoms with E-state index in [2.05, 4.69) is 26.9 Å². The topological polar surface area (TPSA) is 16.4 Å². The largest absolute Gasteiger partial charge is 0.460 e. The lowest BCUT2D eigenvalue weighted by molar-refractivity contribution is 0.0677. The molecule has 0 radical (unpaired) electrons. The standard InChI is InChI=1S/C13H13BrFNO/c14-11-1-2-13-10(3-11)4-12(17-13)8-16-6-9(5-15)7-16/h1-4,9H,5-8H2. The Kier molecular flexibility index (Phi) is 2.92. The molecule has 0 unspecified atom stereocenters. The minimum absolute atomic E-state index is 0.205. The van der Waals surface area contributed by atoms with Crippen molar-refractivity contribution in [3.63, 3.8) is 0 Å². The summed E-state index contributed by atoms with van der Waals surface area (Å²) in [5.41, 5.74) is 0.908. The molecule has 1 saturated heterocycles. The molecule has 3 rings (SSSR count). The maximum absolute atomic E-state index is 12.3. The number of nitrogens with zero attached hydrogens (tertiary/aromatic N) is 1. The van der Waals surface area contributed by atoms with Crippen LogP contribution in [0.25, 0.3) is 11.0 Å². The molecule has 0 aliphatic carbocycles. The molecule has 2 heterocycles. The van der Waals surface area contributed by atoms with Crippen LogP contribution in [0.15, 0.2) is 33.2 Å². The molecular formula is C13H13BrFNO. The SMILES string of the molecule is FCC1CN(Cc2cc3cc(Br)ccc3o2)C1. The van der Waals surface area contributed by atoms with Crippen LogP contribution >= 0.6 is 15.9 Å². The Morgan fingerprint density at radius 2 is 2.18 bits per heavy atom. The Balaban J connectivity index is 1.73. The molecule has 1 aliphatic heterocycles. The first kappa shape index (κ1) is 11.2. The highest BCUT2D eigenvalue weighted by Crippen LogP contribution is 2.26. The third kappa shape index (κ3) is 2.24. The van der Waals surface area contributed by atoms with Crippen molar-refractivity contribution in [3.05, 3.63) is 34.5 Å². The molecule has 1 aromatic carbocycles. The van der Waals surface area contributed by atoms with Crippen molar-refractivity contribution in [1.82, 2.24) is 4.90 Å². The molecule has 4 heteroatoms. The van der Waals surface area contributed by atoms with E-state index in [1.54, 1.807) is 0 Å². The van der Waals surface area contributed by atoms with Crippen molar-refractivity contribution in [2.24, 2.45) is 5.92 Å². The summed E-state index contributed by atoms with van der Waals surface area (Å²) < 4.78 is 19.1. The van der Waals surface area contributed by atoms with Gasteiger partial charge in [-0.25, -0.2) is 0 Å². The smallest absolute Gasteiger partial charge is 0.134 e. The molecule has 0 N–H and O–H groups in total. The molecule has 0 atom stereocenters. The van der Waals surface area contributed by atoms with Crippen LogP contribution in [-0.2, 0) is 6.54 Å². The normalized spacial score (nSPS) is 17.5. The maximum Gasteiger partial charge on any atom is 0.134 e. The molecule has 0 amide bonds. The van der Waals surface area contributed by atoms with Crippen molar-refractivity contribution in [1.29, 1.82) is 0 Å². The van der Waals surface area contributed by atoms with Crippen molar-refractivity contribution < 1.29 is 8.81 Å². The summed E-state index contributed by atoms with van der Waals surface area (Å²) in [7, 11) is 0. The van der Waals surface area contributed by atoms with Gasteiger partial charge in [-0.3, -0.25) is 9.29 Å². The third-order valence-corrected chi connectivity index (χ3v) is 3.65. The Morgan fingerprint density at radius 3 is 2.94 bits per heavy atom. The van der Waals surface area contributed by atoms with E-state index in [1.165, 1.54) is 0 Å². The van der Waals surface area contributed by atoms with Gasteiger partial charge in [0, 0.05) is 28.9 Å². The molecule has 0 saturated carbocycles. The van der Waals surface area contributed by atoms with Crippen molar-refractivity contribution >= 4 is 26.9 Å². The van der Waals surface area contributed by atoms with Gasteiger partial charge in [0.15, 0.2) is 0 Å². The van der Waals surface area contributed by atoms with Crippen molar-refractivity contribution in [2.45, 2.75) is 6.54 Å². The van der Waals surface area contributed by atoms with Gasteiger partial charge in [0.05, 0.1) is 13.2 Å². The lowest BCUT2D eigenvalue weighted by Gasteiger charge is -2.36. The fourth-order valence-corrected chi connectivity index (χ4v) is 2.65. The number of benzene rings is 1. The van der Waals surface area contributed by atoms with Gasteiger partial charge in [-0.1, -0.05) is 15.9 Å². The van der Waals surface area contributed by atoms with E-state index in [-0.39, 0.29) is 12.6 Å². The molecule has 1 aromatic heterocycles. The van der Waals surface area contributed by atoms with Crippen LogP contribution in [-0.4, -0.2) is 24.7 Å². The summed E-state index contributed by atoms with van der Waals surface area (Å²) in [4.78, 5) is 2.21. The first-order valence-corrected chi connectivity index (χ1v) is 6.50. The summed E-state index contributed by atoms with van der Waals surface area (Å²) in [6.45, 7) is 2.26. The molecular weight excluding hydrogens is 285 g/mol. The highest BCUT2D eigenvalue weighted by Gasteiger charge is 2.27. The number of furan rings is 1. The van der Waals surface area contributed by atoms with Crippen LogP contribution in [0.2, 0.25) is 0 Å². The van der Waals surface area contributed by atoms with Gasteiger partial charge < -0.3 is 4.42 Å². The monoisotopic (exact) mass is 297 g/mol. The fraction of sp³-hybridized carbons (Fsp3) is 0.385. The first-order valence-electron chi connectivity index (χ1n) is 5.71. The molecule has 90 valence electrons. The number of alkyl halides is 1. The predicted octanol–water partition coefficient (Wildman–Crippen LogP) is 3.60. The second kappa shape index (κ2) is 4.42. The number of likely N-dealkylation sites (tertiary alicyclic amines) is 1. The summed E-state index contributed by atoms with van der Waals surface area (Å²) >= 11 is 3.44. The Hall–Kier alpha value is -0.870. The van der Waals surface area contributed by atoms with Crippen LogP contribution in [0.1, 0.15) is 5.76 Å². The summed E-state index contributed by atoms with van der Waals surface area (Å²) in [5, 5.41) is 1.11. The van der Waals surface area contributed by atoms with Gasteiger partial charge in [-0.15, -0.1) is 0 Å². The van der Waals surface area contributed by atoms with Crippen molar-refractivity contribution in [3.8, 4) is 0 Å². The number of rotatable bonds is 3. The van der Waals surface area contributed by atoms with Crippen molar-refractivity contribution in [2.75, 3.05) is 19.8 Å². The summed E-state index contributed by atoms with van der Waals surface area (Å²) in [6.07, 6.45) is 0. The second-order valence-corrected chi connectivity index (χ2v) is 5.52. The molecule has 0 bridgehead atoms. The van der Waals surface area contributed by atoms with Crippen LogP contribution in [0, 0.1) is 5.92 Å². The van der Waals surface area contributed by atoms with E-state index in [1.807, 2.05) is 18.2 Å². The van der Waals surface area contributed by atoms with Gasteiger partial charge in [-0.05, 0) is 24.3 Å². The quantitative estimate of drug-likeness (QED) is 0.861. The van der Waals surface area contributed by atoms with E-state index in [0.29, 0.717) is 0 Å². The second-order valence-electron chi connectivity index (χ2n) is 4.61. The number of halogens is 2. The summed E-state index contributed by atoms with van der Waals surface area (Å²) in [5.74, 6) is 1.18. The number of hydrogen-bond acceptors (Lipinski definition) is 2. The first-order chi connectivity index (χ1) is 8.24. The average molecular weight is 298 g/mol. The molecule has 1 fully saturated rings. The minimum atomic E-state index is -0.205. The molecule has 1 aliphatic rings. The molecule has 0 spiro atoms. The fourth-order valence-electron chi connectivity index (χ4n) is 2.27. The highest BCUT2D eigenvalue weighted by atomic mass is 79.9. The van der Waals surface area contributed by atoms with Gasteiger partial charge in [0.1, 0.15) is 11.3 Å². The van der Waals surface area contributed by atoms with Gasteiger partial charge >= 0.3 is 0 Å². The zero-order chi connectivity index (χ0) is 11.8. The van der Waals surface area contributed by atoms with Crippen LogP contribution in [0.4, 0.5) is 4.39 Å².